The number of nitro benzene ring substituents is 1. The summed E-state index contributed by atoms with van der Waals surface area (Å²) < 4.78 is 0. The number of H-pyrrole nitrogens is 2. The number of nitrogens with one attached hydrogen (secondary N) is 3. The minimum atomic E-state index is -0.735. The third-order valence-corrected chi connectivity index (χ3v) is 3.48. The second-order valence-corrected chi connectivity index (χ2v) is 5.21. The topological polar surface area (TPSA) is 163 Å². The van der Waals surface area contributed by atoms with Gasteiger partial charge in [-0.05, 0) is 17.7 Å². The van der Waals surface area contributed by atoms with E-state index in [1.807, 2.05) is 4.98 Å². The number of non-ortho nitro benzene ring substituents is 1. The van der Waals surface area contributed by atoms with Gasteiger partial charge in [-0.25, -0.2) is 15.3 Å². The molecular formula is C12H10N6O5S. The Balaban J connectivity index is 1.85. The highest BCUT2D eigenvalue weighted by molar-refractivity contribution is 7.99. The van der Waals surface area contributed by atoms with E-state index in [4.69, 9.17) is 0 Å². The molecule has 0 fully saturated rings. The molecule has 1 amide bonds. The molecule has 24 heavy (non-hydrogen) atoms. The number of hydrogen-bond donors (Lipinski definition) is 3. The van der Waals surface area contributed by atoms with Crippen molar-refractivity contribution >= 4 is 29.6 Å². The average Bonchev–Trinajstić information content (AvgIpc) is 2.54. The number of hydrogen-bond acceptors (Lipinski definition) is 8. The highest BCUT2D eigenvalue weighted by Gasteiger charge is 2.07. The van der Waals surface area contributed by atoms with Crippen molar-refractivity contribution in [2.75, 3.05) is 5.75 Å². The fraction of sp³-hybridized carbons (Fsp3) is 0.0833. The Morgan fingerprint density at radius 2 is 2.08 bits per heavy atom. The Hall–Kier alpha value is -3.28. The highest BCUT2D eigenvalue weighted by Crippen LogP contribution is 2.10. The Morgan fingerprint density at radius 3 is 2.71 bits per heavy atom. The number of aromatic amines is 2. The average molecular weight is 350 g/mol. The largest absolute Gasteiger partial charge is 0.342 e. The maximum atomic E-state index is 11.6. The fourth-order valence-electron chi connectivity index (χ4n) is 1.46. The van der Waals surface area contributed by atoms with E-state index >= 15 is 0 Å². The number of aromatic nitrogens is 3. The summed E-state index contributed by atoms with van der Waals surface area (Å²) in [5, 5.41) is 19.7. The SMILES string of the molecule is O=C(CSc1n[nH]c(=O)[nH]c1=O)N/N=C/c1ccc([N+](=O)[O-])cc1. The number of carbonyl (C=O) groups is 1. The van der Waals surface area contributed by atoms with E-state index in [0.29, 0.717) is 5.56 Å². The molecule has 0 spiro atoms. The van der Waals surface area contributed by atoms with E-state index in [1.54, 1.807) is 0 Å². The van der Waals surface area contributed by atoms with E-state index in [0.717, 1.165) is 11.8 Å². The van der Waals surface area contributed by atoms with Gasteiger partial charge in [0.05, 0.1) is 16.9 Å². The summed E-state index contributed by atoms with van der Waals surface area (Å²) in [6, 6.07) is 5.58. The van der Waals surface area contributed by atoms with Crippen LogP contribution >= 0.6 is 11.8 Å². The Labute approximate surface area is 137 Å². The lowest BCUT2D eigenvalue weighted by atomic mass is 10.2. The lowest BCUT2D eigenvalue weighted by molar-refractivity contribution is -0.384. The molecule has 124 valence electrons. The monoisotopic (exact) mass is 350 g/mol. The lowest BCUT2D eigenvalue weighted by Gasteiger charge is -1.99. The zero-order valence-electron chi connectivity index (χ0n) is 11.9. The van der Waals surface area contributed by atoms with Crippen LogP contribution in [0.4, 0.5) is 5.69 Å². The van der Waals surface area contributed by atoms with Crippen molar-refractivity contribution in [2.45, 2.75) is 5.03 Å². The quantitative estimate of drug-likeness (QED) is 0.276. The van der Waals surface area contributed by atoms with Crippen molar-refractivity contribution < 1.29 is 9.72 Å². The number of hydrazone groups is 1. The third-order valence-electron chi connectivity index (χ3n) is 2.53. The molecule has 0 aliphatic heterocycles. The molecular weight excluding hydrogens is 340 g/mol. The molecule has 0 atom stereocenters. The van der Waals surface area contributed by atoms with Crippen LogP contribution in [0.3, 0.4) is 0 Å². The van der Waals surface area contributed by atoms with Gasteiger partial charge in [-0.15, -0.1) is 0 Å². The van der Waals surface area contributed by atoms with E-state index in [1.165, 1.54) is 30.5 Å². The highest BCUT2D eigenvalue weighted by atomic mass is 32.2. The number of carbonyl (C=O) groups excluding carboxylic acids is 1. The van der Waals surface area contributed by atoms with Crippen LogP contribution < -0.4 is 16.7 Å². The predicted molar refractivity (Wildman–Crippen MR) is 85.0 cm³/mol. The number of thioether (sulfide) groups is 1. The third kappa shape index (κ3) is 4.88. The van der Waals surface area contributed by atoms with Crippen molar-refractivity contribution in [2.24, 2.45) is 5.10 Å². The molecule has 2 rings (SSSR count). The first-order valence-electron chi connectivity index (χ1n) is 6.34. The molecule has 0 saturated heterocycles. The van der Waals surface area contributed by atoms with Crippen LogP contribution in [0, 0.1) is 10.1 Å². The van der Waals surface area contributed by atoms with Crippen LogP contribution in [0.25, 0.3) is 0 Å². The normalized spacial score (nSPS) is 10.7. The smallest absolute Gasteiger partial charge is 0.272 e. The van der Waals surface area contributed by atoms with Gasteiger partial charge in [0.15, 0.2) is 5.03 Å². The number of benzene rings is 1. The molecule has 1 aromatic carbocycles. The molecule has 0 unspecified atom stereocenters. The zero-order valence-corrected chi connectivity index (χ0v) is 12.7. The first kappa shape index (κ1) is 17.1. The van der Waals surface area contributed by atoms with Crippen molar-refractivity contribution in [3.8, 4) is 0 Å². The molecule has 12 heteroatoms. The van der Waals surface area contributed by atoms with Gasteiger partial charge in [0.2, 0.25) is 5.91 Å². The van der Waals surface area contributed by atoms with Gasteiger partial charge >= 0.3 is 5.69 Å². The van der Waals surface area contributed by atoms with Gasteiger partial charge in [-0.1, -0.05) is 11.8 Å². The van der Waals surface area contributed by atoms with Gasteiger partial charge in [-0.3, -0.25) is 24.7 Å². The summed E-state index contributed by atoms with van der Waals surface area (Å²) in [5.74, 6) is -0.634. The molecule has 0 saturated carbocycles. The van der Waals surface area contributed by atoms with E-state index < -0.39 is 22.1 Å². The zero-order chi connectivity index (χ0) is 17.5. The molecule has 0 radical (unpaired) electrons. The minimum Gasteiger partial charge on any atom is -0.272 e. The second-order valence-electron chi connectivity index (χ2n) is 4.24. The minimum absolute atomic E-state index is 0.0498. The summed E-state index contributed by atoms with van der Waals surface area (Å²) in [4.78, 5) is 45.7. The first-order valence-corrected chi connectivity index (χ1v) is 7.32. The van der Waals surface area contributed by atoms with Gasteiger partial charge in [0.1, 0.15) is 0 Å². The van der Waals surface area contributed by atoms with Crippen LogP contribution in [0.2, 0.25) is 0 Å². The summed E-state index contributed by atoms with van der Waals surface area (Å²) in [6.45, 7) is 0. The van der Waals surface area contributed by atoms with Crippen LogP contribution in [0.15, 0.2) is 44.0 Å². The van der Waals surface area contributed by atoms with E-state index in [2.05, 4.69) is 20.7 Å². The number of nitro groups is 1. The summed E-state index contributed by atoms with van der Waals surface area (Å²) in [6.07, 6.45) is 1.32. The van der Waals surface area contributed by atoms with Crippen LogP contribution in [-0.4, -0.2) is 38.0 Å². The molecule has 2 aromatic rings. The molecule has 1 aromatic heterocycles. The first-order chi connectivity index (χ1) is 11.5. The van der Waals surface area contributed by atoms with E-state index in [9.17, 15) is 24.5 Å². The van der Waals surface area contributed by atoms with Crippen molar-refractivity contribution in [3.05, 3.63) is 60.8 Å². The standard InChI is InChI=1S/C12H10N6O5S/c19-9(6-24-11-10(20)14-12(21)17-16-11)15-13-5-7-1-3-8(4-2-7)18(22)23/h1-5H,6H2,(H,15,19)(H2,14,17,20,21)/b13-5+. The summed E-state index contributed by atoms with van der Waals surface area (Å²) in [5.41, 5.74) is 1.32. The second kappa shape index (κ2) is 7.82. The molecule has 0 bridgehead atoms. The molecule has 11 nitrogen and oxygen atoms in total. The maximum Gasteiger partial charge on any atom is 0.342 e. The summed E-state index contributed by atoms with van der Waals surface area (Å²) >= 11 is 0.829. The van der Waals surface area contributed by atoms with Gasteiger partial charge in [0, 0.05) is 12.1 Å². The number of rotatable bonds is 6. The molecule has 0 aliphatic carbocycles. The predicted octanol–water partition coefficient (Wildman–Crippen LogP) is -0.391. The van der Waals surface area contributed by atoms with Crippen LogP contribution in [-0.2, 0) is 4.79 Å². The van der Waals surface area contributed by atoms with Gasteiger partial charge in [0.25, 0.3) is 11.2 Å². The van der Waals surface area contributed by atoms with Crippen LogP contribution in [0.1, 0.15) is 5.56 Å². The molecule has 1 heterocycles. The Kier molecular flexibility index (Phi) is 5.57. The molecule has 0 aliphatic rings. The van der Waals surface area contributed by atoms with E-state index in [-0.39, 0.29) is 16.5 Å². The van der Waals surface area contributed by atoms with Gasteiger partial charge in [-0.2, -0.15) is 10.2 Å². The van der Waals surface area contributed by atoms with Gasteiger partial charge < -0.3 is 0 Å². The fourth-order valence-corrected chi connectivity index (χ4v) is 2.09. The van der Waals surface area contributed by atoms with Crippen LogP contribution in [0.5, 0.6) is 0 Å². The number of nitrogens with zero attached hydrogens (tertiary/aromatic N) is 3. The van der Waals surface area contributed by atoms with Crippen molar-refractivity contribution in [1.82, 2.24) is 20.6 Å². The lowest BCUT2D eigenvalue weighted by Crippen LogP contribution is -2.26. The van der Waals surface area contributed by atoms with Crippen molar-refractivity contribution in [1.29, 1.82) is 0 Å². The summed E-state index contributed by atoms with van der Waals surface area (Å²) in [7, 11) is 0. The Bertz CT molecular complexity index is 888. The molecule has 3 N–H and O–H groups in total. The number of amides is 1. The Morgan fingerprint density at radius 1 is 1.38 bits per heavy atom. The maximum absolute atomic E-state index is 11.6. The van der Waals surface area contributed by atoms with Crippen molar-refractivity contribution in [3.63, 3.8) is 0 Å².